The Kier molecular flexibility index (Phi) is 5.09. The molecule has 0 saturated carbocycles. The molecule has 0 radical (unpaired) electrons. The molecule has 1 aromatic rings. The topological polar surface area (TPSA) is 32.3 Å². The number of hydrogen-bond acceptors (Lipinski definition) is 2. The largest absolute Gasteiger partial charge is 0.392 e. The van der Waals surface area contributed by atoms with Gasteiger partial charge in [-0.05, 0) is 30.5 Å². The first-order valence-electron chi connectivity index (χ1n) is 5.24. The van der Waals surface area contributed by atoms with Gasteiger partial charge in [0.25, 0.3) is 0 Å². The lowest BCUT2D eigenvalue weighted by molar-refractivity contribution is 0.191. The fourth-order valence-electron chi connectivity index (χ4n) is 1.44. The smallest absolute Gasteiger partial charge is 0.0636 e. The van der Waals surface area contributed by atoms with Crippen LogP contribution in [0.2, 0.25) is 5.02 Å². The number of benzene rings is 1. The molecule has 0 amide bonds. The second-order valence-electron chi connectivity index (χ2n) is 3.96. The van der Waals surface area contributed by atoms with Gasteiger partial charge in [0.2, 0.25) is 0 Å². The van der Waals surface area contributed by atoms with Gasteiger partial charge in [-0.1, -0.05) is 30.7 Å². The van der Waals surface area contributed by atoms with Crippen molar-refractivity contribution in [1.29, 1.82) is 0 Å². The molecule has 0 aromatic heterocycles. The third kappa shape index (κ3) is 4.65. The highest BCUT2D eigenvalue weighted by molar-refractivity contribution is 6.30. The second kappa shape index (κ2) is 6.11. The Morgan fingerprint density at radius 3 is 2.67 bits per heavy atom. The molecular weight excluding hydrogens is 210 g/mol. The van der Waals surface area contributed by atoms with Crippen LogP contribution in [-0.4, -0.2) is 24.3 Å². The lowest BCUT2D eigenvalue weighted by Crippen LogP contribution is -2.27. The molecule has 0 heterocycles. The zero-order valence-electron chi connectivity index (χ0n) is 9.20. The van der Waals surface area contributed by atoms with Crippen molar-refractivity contribution >= 4 is 11.6 Å². The monoisotopic (exact) mass is 227 g/mol. The number of aliphatic hydroxyl groups excluding tert-OH is 1. The van der Waals surface area contributed by atoms with Gasteiger partial charge in [0, 0.05) is 18.1 Å². The highest BCUT2D eigenvalue weighted by atomic mass is 35.5. The van der Waals surface area contributed by atoms with Gasteiger partial charge in [-0.2, -0.15) is 0 Å². The molecule has 0 unspecified atom stereocenters. The minimum Gasteiger partial charge on any atom is -0.392 e. The van der Waals surface area contributed by atoms with Crippen LogP contribution in [0.1, 0.15) is 25.3 Å². The quantitative estimate of drug-likeness (QED) is 0.810. The van der Waals surface area contributed by atoms with Gasteiger partial charge < -0.3 is 10.4 Å². The van der Waals surface area contributed by atoms with Crippen molar-refractivity contribution in [3.05, 3.63) is 34.9 Å². The summed E-state index contributed by atoms with van der Waals surface area (Å²) in [6.45, 7) is 5.40. The molecule has 0 aliphatic heterocycles. The van der Waals surface area contributed by atoms with E-state index in [4.69, 9.17) is 16.7 Å². The van der Waals surface area contributed by atoms with Crippen molar-refractivity contribution in [1.82, 2.24) is 5.32 Å². The molecule has 1 rings (SSSR count). The standard InChI is InChI=1S/C12H18ClNO/c1-9(7-14-8-10(2)15)11-4-3-5-12(13)6-11/h3-6,9-10,14-15H,7-8H2,1-2H3/t9-,10+/m0/s1. The maximum absolute atomic E-state index is 9.10. The van der Waals surface area contributed by atoms with Gasteiger partial charge >= 0.3 is 0 Å². The minimum absolute atomic E-state index is 0.295. The third-order valence-corrected chi connectivity index (χ3v) is 2.54. The maximum atomic E-state index is 9.10. The third-order valence-electron chi connectivity index (χ3n) is 2.31. The predicted molar refractivity (Wildman–Crippen MR) is 64.4 cm³/mol. The van der Waals surface area contributed by atoms with E-state index in [0.29, 0.717) is 12.5 Å². The Hall–Kier alpha value is -0.570. The summed E-state index contributed by atoms with van der Waals surface area (Å²) in [5.41, 5.74) is 1.22. The molecular formula is C12H18ClNO. The summed E-state index contributed by atoms with van der Waals surface area (Å²) in [6, 6.07) is 7.89. The predicted octanol–water partition coefficient (Wildman–Crippen LogP) is 2.41. The van der Waals surface area contributed by atoms with E-state index in [0.717, 1.165) is 11.6 Å². The van der Waals surface area contributed by atoms with Crippen LogP contribution < -0.4 is 5.32 Å². The zero-order chi connectivity index (χ0) is 11.3. The van der Waals surface area contributed by atoms with Crippen LogP contribution in [0.25, 0.3) is 0 Å². The molecule has 0 fully saturated rings. The fraction of sp³-hybridized carbons (Fsp3) is 0.500. The number of hydrogen-bond donors (Lipinski definition) is 2. The second-order valence-corrected chi connectivity index (χ2v) is 4.40. The molecule has 1 aromatic carbocycles. The highest BCUT2D eigenvalue weighted by Crippen LogP contribution is 2.18. The Labute approximate surface area is 96.3 Å². The average molecular weight is 228 g/mol. The van der Waals surface area contributed by atoms with Gasteiger partial charge in [-0.15, -0.1) is 0 Å². The summed E-state index contributed by atoms with van der Waals surface area (Å²) in [5, 5.41) is 13.1. The molecule has 0 spiro atoms. The Bertz CT molecular complexity index is 301. The van der Waals surface area contributed by atoms with Crippen LogP contribution in [-0.2, 0) is 0 Å². The van der Waals surface area contributed by atoms with E-state index in [1.807, 2.05) is 18.2 Å². The first kappa shape index (κ1) is 12.5. The van der Waals surface area contributed by atoms with Gasteiger partial charge in [0.1, 0.15) is 0 Å². The van der Waals surface area contributed by atoms with Crippen molar-refractivity contribution in [2.75, 3.05) is 13.1 Å². The highest BCUT2D eigenvalue weighted by Gasteiger charge is 2.05. The maximum Gasteiger partial charge on any atom is 0.0636 e. The molecule has 3 heteroatoms. The van der Waals surface area contributed by atoms with Crippen molar-refractivity contribution < 1.29 is 5.11 Å². The summed E-state index contributed by atoms with van der Waals surface area (Å²) >= 11 is 5.91. The molecule has 0 aliphatic carbocycles. The number of halogens is 1. The summed E-state index contributed by atoms with van der Waals surface area (Å²) in [5.74, 6) is 0.405. The van der Waals surface area contributed by atoms with Crippen LogP contribution in [0.4, 0.5) is 0 Å². The van der Waals surface area contributed by atoms with Crippen molar-refractivity contribution in [3.8, 4) is 0 Å². The van der Waals surface area contributed by atoms with Crippen molar-refractivity contribution in [2.45, 2.75) is 25.9 Å². The SMILES string of the molecule is C[C@@H](O)CNC[C@H](C)c1cccc(Cl)c1. The Morgan fingerprint density at radius 2 is 2.07 bits per heavy atom. The first-order valence-corrected chi connectivity index (χ1v) is 5.61. The molecule has 84 valence electrons. The van der Waals surface area contributed by atoms with E-state index >= 15 is 0 Å². The van der Waals surface area contributed by atoms with Gasteiger partial charge in [0.05, 0.1) is 6.10 Å². The molecule has 2 N–H and O–H groups in total. The number of rotatable bonds is 5. The molecule has 2 nitrogen and oxygen atoms in total. The van der Waals surface area contributed by atoms with Crippen molar-refractivity contribution in [2.24, 2.45) is 0 Å². The van der Waals surface area contributed by atoms with Crippen LogP contribution in [0.5, 0.6) is 0 Å². The van der Waals surface area contributed by atoms with E-state index in [2.05, 4.69) is 18.3 Å². The fourth-order valence-corrected chi connectivity index (χ4v) is 1.64. The van der Waals surface area contributed by atoms with Gasteiger partial charge in [-0.3, -0.25) is 0 Å². The molecule has 0 bridgehead atoms. The van der Waals surface area contributed by atoms with Crippen LogP contribution >= 0.6 is 11.6 Å². The van der Waals surface area contributed by atoms with Gasteiger partial charge in [-0.25, -0.2) is 0 Å². The summed E-state index contributed by atoms with van der Waals surface area (Å²) < 4.78 is 0. The number of nitrogens with one attached hydrogen (secondary N) is 1. The summed E-state index contributed by atoms with van der Waals surface area (Å²) in [7, 11) is 0. The average Bonchev–Trinajstić information content (AvgIpc) is 2.17. The lowest BCUT2D eigenvalue weighted by Gasteiger charge is -2.14. The zero-order valence-corrected chi connectivity index (χ0v) is 9.96. The van der Waals surface area contributed by atoms with E-state index < -0.39 is 0 Å². The van der Waals surface area contributed by atoms with Gasteiger partial charge in [0.15, 0.2) is 0 Å². The van der Waals surface area contributed by atoms with E-state index in [-0.39, 0.29) is 6.10 Å². The lowest BCUT2D eigenvalue weighted by atomic mass is 10.0. The van der Waals surface area contributed by atoms with Crippen molar-refractivity contribution in [3.63, 3.8) is 0 Å². The Balaban J connectivity index is 2.43. The molecule has 15 heavy (non-hydrogen) atoms. The van der Waals surface area contributed by atoms with E-state index in [1.165, 1.54) is 5.56 Å². The minimum atomic E-state index is -0.295. The Morgan fingerprint density at radius 1 is 1.33 bits per heavy atom. The van der Waals surface area contributed by atoms with Crippen LogP contribution in [0.3, 0.4) is 0 Å². The first-order chi connectivity index (χ1) is 7.09. The van der Waals surface area contributed by atoms with Crippen LogP contribution in [0, 0.1) is 0 Å². The number of aliphatic hydroxyl groups is 1. The molecule has 0 aliphatic rings. The van der Waals surface area contributed by atoms with E-state index in [1.54, 1.807) is 6.92 Å². The summed E-state index contributed by atoms with van der Waals surface area (Å²) in [6.07, 6.45) is -0.295. The normalized spacial score (nSPS) is 14.9. The van der Waals surface area contributed by atoms with E-state index in [9.17, 15) is 0 Å². The molecule has 2 atom stereocenters. The summed E-state index contributed by atoms with van der Waals surface area (Å²) in [4.78, 5) is 0. The van der Waals surface area contributed by atoms with Crippen LogP contribution in [0.15, 0.2) is 24.3 Å². The molecule has 0 saturated heterocycles.